The third-order valence-electron chi connectivity index (χ3n) is 3.59. The molecule has 0 bridgehead atoms. The Labute approximate surface area is 133 Å². The fourth-order valence-corrected chi connectivity index (χ4v) is 2.43. The maximum absolute atomic E-state index is 13.5. The van der Waals surface area contributed by atoms with Crippen LogP contribution in [0.1, 0.15) is 5.56 Å². The van der Waals surface area contributed by atoms with Crippen LogP contribution in [-0.4, -0.2) is 0 Å². The van der Waals surface area contributed by atoms with Gasteiger partial charge in [-0.3, -0.25) is 0 Å². The molecule has 110 valence electrons. The van der Waals surface area contributed by atoms with E-state index >= 15 is 0 Å². The molecule has 0 saturated heterocycles. The largest absolute Gasteiger partial charge is 0.205 e. The zero-order valence-electron chi connectivity index (χ0n) is 11.9. The van der Waals surface area contributed by atoms with Gasteiger partial charge < -0.3 is 0 Å². The molecule has 0 nitrogen and oxygen atoms in total. The summed E-state index contributed by atoms with van der Waals surface area (Å²) in [7, 11) is 0. The third-order valence-corrected chi connectivity index (χ3v) is 3.95. The smallest absolute Gasteiger partial charge is 0.145 e. The van der Waals surface area contributed by atoms with Crippen LogP contribution < -0.4 is 0 Å². The molecule has 0 radical (unpaired) electrons. The van der Waals surface area contributed by atoms with Crippen LogP contribution in [0.25, 0.3) is 22.3 Å². The summed E-state index contributed by atoms with van der Waals surface area (Å²) in [6, 6.07) is 18.2. The quantitative estimate of drug-likeness (QED) is 0.490. The van der Waals surface area contributed by atoms with Crippen molar-refractivity contribution in [1.29, 1.82) is 0 Å². The van der Waals surface area contributed by atoms with Crippen LogP contribution in [0.15, 0.2) is 60.7 Å². The maximum atomic E-state index is 13.5. The number of rotatable bonds is 2. The summed E-state index contributed by atoms with van der Waals surface area (Å²) in [5, 5.41) is -0.472. The van der Waals surface area contributed by atoms with Crippen molar-refractivity contribution < 1.29 is 8.78 Å². The number of hydrogen-bond acceptors (Lipinski definition) is 0. The van der Waals surface area contributed by atoms with Gasteiger partial charge in [-0.05, 0) is 41.3 Å². The van der Waals surface area contributed by atoms with Crippen molar-refractivity contribution in [2.45, 2.75) is 6.92 Å². The lowest BCUT2D eigenvalue weighted by molar-refractivity contribution is 0.585. The van der Waals surface area contributed by atoms with Crippen molar-refractivity contribution in [2.75, 3.05) is 0 Å². The summed E-state index contributed by atoms with van der Waals surface area (Å²) in [4.78, 5) is 0. The summed E-state index contributed by atoms with van der Waals surface area (Å²) in [5.74, 6) is -1.50. The number of benzene rings is 3. The highest BCUT2D eigenvalue weighted by Gasteiger charge is 2.10. The van der Waals surface area contributed by atoms with Gasteiger partial charge in [0, 0.05) is 0 Å². The molecule has 22 heavy (non-hydrogen) atoms. The van der Waals surface area contributed by atoms with E-state index in [2.05, 4.69) is 0 Å². The molecule has 0 aromatic heterocycles. The number of halogens is 3. The number of aryl methyl sites for hydroxylation is 1. The molecule has 0 fully saturated rings. The predicted molar refractivity (Wildman–Crippen MR) is 87.0 cm³/mol. The Morgan fingerprint density at radius 2 is 1.00 bits per heavy atom. The third kappa shape index (κ3) is 2.88. The second kappa shape index (κ2) is 5.90. The fraction of sp³-hybridized carbons (Fsp3) is 0.0526. The van der Waals surface area contributed by atoms with Crippen LogP contribution in [0.4, 0.5) is 8.78 Å². The van der Waals surface area contributed by atoms with Gasteiger partial charge in [0.25, 0.3) is 0 Å². The van der Waals surface area contributed by atoms with Crippen molar-refractivity contribution in [3.8, 4) is 22.3 Å². The Kier molecular flexibility index (Phi) is 3.95. The Morgan fingerprint density at radius 3 is 1.45 bits per heavy atom. The van der Waals surface area contributed by atoms with Crippen LogP contribution >= 0.6 is 11.6 Å². The standard InChI is InChI=1S/C19H13ClF2/c1-12-2-4-13(5-3-12)14-6-8-15(9-7-14)16-10-17(21)19(20)18(22)11-16/h2-11H,1H3. The van der Waals surface area contributed by atoms with E-state index in [4.69, 9.17) is 11.6 Å². The zero-order chi connectivity index (χ0) is 15.7. The van der Waals surface area contributed by atoms with Crippen molar-refractivity contribution in [1.82, 2.24) is 0 Å². The normalized spacial score (nSPS) is 10.7. The summed E-state index contributed by atoms with van der Waals surface area (Å²) >= 11 is 5.51. The number of hydrogen-bond donors (Lipinski definition) is 0. The van der Waals surface area contributed by atoms with E-state index in [-0.39, 0.29) is 0 Å². The first-order chi connectivity index (χ1) is 10.5. The van der Waals surface area contributed by atoms with Gasteiger partial charge >= 0.3 is 0 Å². The van der Waals surface area contributed by atoms with E-state index < -0.39 is 16.7 Å². The Morgan fingerprint density at radius 1 is 0.636 bits per heavy atom. The molecule has 0 heterocycles. The van der Waals surface area contributed by atoms with Crippen LogP contribution in [0.5, 0.6) is 0 Å². The minimum Gasteiger partial charge on any atom is -0.205 e. The molecule has 0 aliphatic heterocycles. The lowest BCUT2D eigenvalue weighted by Crippen LogP contribution is -1.87. The zero-order valence-corrected chi connectivity index (χ0v) is 12.7. The molecule has 0 aliphatic rings. The Bertz CT molecular complexity index is 783. The minimum absolute atomic E-state index is 0.467. The molecule has 3 aromatic carbocycles. The average molecular weight is 315 g/mol. The van der Waals surface area contributed by atoms with E-state index in [1.807, 2.05) is 55.5 Å². The lowest BCUT2D eigenvalue weighted by atomic mass is 9.99. The van der Waals surface area contributed by atoms with E-state index in [9.17, 15) is 8.78 Å². The molecular weight excluding hydrogens is 302 g/mol. The molecule has 0 saturated carbocycles. The highest BCUT2D eigenvalue weighted by atomic mass is 35.5. The summed E-state index contributed by atoms with van der Waals surface area (Å²) in [6.07, 6.45) is 0. The first-order valence-electron chi connectivity index (χ1n) is 6.86. The van der Waals surface area contributed by atoms with Crippen molar-refractivity contribution >= 4 is 11.6 Å². The van der Waals surface area contributed by atoms with Gasteiger partial charge in [0.05, 0.1) is 0 Å². The highest BCUT2D eigenvalue weighted by molar-refractivity contribution is 6.31. The van der Waals surface area contributed by atoms with E-state index in [0.29, 0.717) is 5.56 Å². The molecule has 0 unspecified atom stereocenters. The first-order valence-corrected chi connectivity index (χ1v) is 7.24. The van der Waals surface area contributed by atoms with Crippen LogP contribution in [0, 0.1) is 18.6 Å². The van der Waals surface area contributed by atoms with Crippen molar-refractivity contribution in [3.63, 3.8) is 0 Å². The molecule has 3 aromatic rings. The summed E-state index contributed by atoms with van der Waals surface area (Å²) in [6.45, 7) is 2.04. The molecule has 0 amide bonds. The average Bonchev–Trinajstić information content (AvgIpc) is 2.53. The molecule has 0 N–H and O–H groups in total. The monoisotopic (exact) mass is 314 g/mol. The molecule has 3 rings (SSSR count). The van der Waals surface area contributed by atoms with Gasteiger partial charge in [0.2, 0.25) is 0 Å². The van der Waals surface area contributed by atoms with Crippen molar-refractivity contribution in [3.05, 3.63) is 82.9 Å². The topological polar surface area (TPSA) is 0 Å². The van der Waals surface area contributed by atoms with Crippen LogP contribution in [0.2, 0.25) is 5.02 Å². The fourth-order valence-electron chi connectivity index (χ4n) is 2.32. The van der Waals surface area contributed by atoms with Gasteiger partial charge in [0.15, 0.2) is 0 Å². The van der Waals surface area contributed by atoms with Crippen molar-refractivity contribution in [2.24, 2.45) is 0 Å². The first kappa shape index (κ1) is 14.7. The summed E-state index contributed by atoms with van der Waals surface area (Å²) in [5.41, 5.74) is 4.57. The van der Waals surface area contributed by atoms with E-state index in [0.717, 1.165) is 16.7 Å². The van der Waals surface area contributed by atoms with E-state index in [1.165, 1.54) is 17.7 Å². The van der Waals surface area contributed by atoms with Crippen LogP contribution in [-0.2, 0) is 0 Å². The van der Waals surface area contributed by atoms with Gasteiger partial charge in [-0.2, -0.15) is 0 Å². The lowest BCUT2D eigenvalue weighted by Gasteiger charge is -2.07. The van der Waals surface area contributed by atoms with Gasteiger partial charge in [0.1, 0.15) is 16.7 Å². The maximum Gasteiger partial charge on any atom is 0.145 e. The molecule has 0 atom stereocenters. The minimum atomic E-state index is -0.751. The highest BCUT2D eigenvalue weighted by Crippen LogP contribution is 2.29. The van der Waals surface area contributed by atoms with Gasteiger partial charge in [-0.15, -0.1) is 0 Å². The Hall–Kier alpha value is -2.19. The molecule has 0 aliphatic carbocycles. The molecule has 3 heteroatoms. The molecular formula is C19H13ClF2. The molecule has 0 spiro atoms. The second-order valence-electron chi connectivity index (χ2n) is 5.20. The van der Waals surface area contributed by atoms with Gasteiger partial charge in [-0.1, -0.05) is 65.7 Å². The SMILES string of the molecule is Cc1ccc(-c2ccc(-c3cc(F)c(Cl)c(F)c3)cc2)cc1. The predicted octanol–water partition coefficient (Wildman–Crippen LogP) is 6.26. The second-order valence-corrected chi connectivity index (χ2v) is 5.58. The summed E-state index contributed by atoms with van der Waals surface area (Å²) < 4.78 is 27.1. The van der Waals surface area contributed by atoms with Crippen LogP contribution in [0.3, 0.4) is 0 Å². The Balaban J connectivity index is 1.96. The van der Waals surface area contributed by atoms with Gasteiger partial charge in [-0.25, -0.2) is 8.78 Å². The van der Waals surface area contributed by atoms with E-state index in [1.54, 1.807) is 0 Å².